The Bertz CT molecular complexity index is 680. The number of ether oxygens (including phenoxy) is 2. The zero-order chi connectivity index (χ0) is 16.8. The summed E-state index contributed by atoms with van der Waals surface area (Å²) >= 11 is 0. The maximum absolute atomic E-state index is 12.4. The average molecular weight is 313 g/mol. The van der Waals surface area contributed by atoms with Gasteiger partial charge >= 0.3 is 0 Å². The van der Waals surface area contributed by atoms with Crippen molar-refractivity contribution in [2.75, 3.05) is 19.0 Å². The van der Waals surface area contributed by atoms with E-state index in [-0.39, 0.29) is 5.91 Å². The molecule has 2 aromatic carbocycles. The fourth-order valence-electron chi connectivity index (χ4n) is 2.26. The average Bonchev–Trinajstić information content (AvgIpc) is 2.55. The van der Waals surface area contributed by atoms with E-state index in [1.165, 1.54) is 5.56 Å². The van der Waals surface area contributed by atoms with E-state index in [2.05, 4.69) is 25.2 Å². The van der Waals surface area contributed by atoms with E-state index in [9.17, 15) is 4.79 Å². The summed E-state index contributed by atoms with van der Waals surface area (Å²) in [5.41, 5.74) is 2.50. The van der Waals surface area contributed by atoms with Gasteiger partial charge in [-0.05, 0) is 48.7 Å². The van der Waals surface area contributed by atoms with Gasteiger partial charge in [0.2, 0.25) is 0 Å². The monoisotopic (exact) mass is 313 g/mol. The Morgan fingerprint density at radius 2 is 1.91 bits per heavy atom. The van der Waals surface area contributed by atoms with Crippen LogP contribution in [0.1, 0.15) is 42.6 Å². The molecule has 0 saturated carbocycles. The molecule has 0 radical (unpaired) electrons. The summed E-state index contributed by atoms with van der Waals surface area (Å²) in [5.74, 6) is 1.42. The lowest BCUT2D eigenvalue weighted by atomic mass is 10.0. The highest BCUT2D eigenvalue weighted by Crippen LogP contribution is 2.28. The third-order valence-corrected chi connectivity index (χ3v) is 3.54. The van der Waals surface area contributed by atoms with Crippen LogP contribution in [-0.4, -0.2) is 19.6 Å². The number of carbonyl (C=O) groups excluding carboxylic acids is 1. The normalized spacial score (nSPS) is 10.5. The summed E-state index contributed by atoms with van der Waals surface area (Å²) in [6.45, 7) is 6.70. The molecule has 0 atom stereocenters. The van der Waals surface area contributed by atoms with Crippen LogP contribution in [0.2, 0.25) is 0 Å². The van der Waals surface area contributed by atoms with E-state index < -0.39 is 0 Å². The van der Waals surface area contributed by atoms with Crippen LogP contribution in [0.3, 0.4) is 0 Å². The maximum Gasteiger partial charge on any atom is 0.255 e. The summed E-state index contributed by atoms with van der Waals surface area (Å²) in [7, 11) is 1.56. The minimum atomic E-state index is -0.174. The molecule has 1 amide bonds. The van der Waals surface area contributed by atoms with Crippen LogP contribution < -0.4 is 14.8 Å². The SMILES string of the molecule is CCOc1ccc(C(=O)Nc2cccc(C(C)C)c2)cc1OC. The van der Waals surface area contributed by atoms with E-state index in [4.69, 9.17) is 9.47 Å². The molecule has 0 bridgehead atoms. The van der Waals surface area contributed by atoms with Gasteiger partial charge in [-0.3, -0.25) is 4.79 Å². The van der Waals surface area contributed by atoms with Crippen molar-refractivity contribution in [1.29, 1.82) is 0 Å². The number of methoxy groups -OCH3 is 1. The zero-order valence-electron chi connectivity index (χ0n) is 14.1. The molecular formula is C19H23NO3. The Labute approximate surface area is 137 Å². The standard InChI is InChI=1S/C19H23NO3/c1-5-23-17-10-9-15(12-18(17)22-4)19(21)20-16-8-6-7-14(11-16)13(2)3/h6-13H,5H2,1-4H3,(H,20,21). The lowest BCUT2D eigenvalue weighted by molar-refractivity contribution is 0.102. The molecule has 4 nitrogen and oxygen atoms in total. The van der Waals surface area contributed by atoms with Crippen LogP contribution >= 0.6 is 0 Å². The second-order valence-electron chi connectivity index (χ2n) is 5.53. The van der Waals surface area contributed by atoms with Gasteiger partial charge < -0.3 is 14.8 Å². The Kier molecular flexibility index (Phi) is 5.63. The maximum atomic E-state index is 12.4. The molecule has 23 heavy (non-hydrogen) atoms. The summed E-state index contributed by atoms with van der Waals surface area (Å²) in [5, 5.41) is 2.92. The molecule has 0 unspecified atom stereocenters. The van der Waals surface area contributed by atoms with Gasteiger partial charge in [-0.15, -0.1) is 0 Å². The first-order chi connectivity index (χ1) is 11.0. The predicted molar refractivity (Wildman–Crippen MR) is 92.6 cm³/mol. The smallest absolute Gasteiger partial charge is 0.255 e. The van der Waals surface area contributed by atoms with Gasteiger partial charge in [-0.1, -0.05) is 26.0 Å². The minimum absolute atomic E-state index is 0.174. The Morgan fingerprint density at radius 3 is 2.57 bits per heavy atom. The largest absolute Gasteiger partial charge is 0.493 e. The van der Waals surface area contributed by atoms with Crippen molar-refractivity contribution in [1.82, 2.24) is 0 Å². The first-order valence-corrected chi connectivity index (χ1v) is 7.77. The van der Waals surface area contributed by atoms with Gasteiger partial charge in [0.15, 0.2) is 11.5 Å². The molecule has 0 heterocycles. The van der Waals surface area contributed by atoms with Gasteiger partial charge in [-0.25, -0.2) is 0 Å². The second kappa shape index (κ2) is 7.68. The quantitative estimate of drug-likeness (QED) is 0.856. The number of anilines is 1. The van der Waals surface area contributed by atoms with Crippen molar-refractivity contribution < 1.29 is 14.3 Å². The topological polar surface area (TPSA) is 47.6 Å². The van der Waals surface area contributed by atoms with Gasteiger partial charge in [0.1, 0.15) is 0 Å². The molecule has 0 aliphatic heterocycles. The molecule has 2 rings (SSSR count). The van der Waals surface area contributed by atoms with Crippen molar-refractivity contribution in [2.45, 2.75) is 26.7 Å². The van der Waals surface area contributed by atoms with Gasteiger partial charge in [0.05, 0.1) is 13.7 Å². The fraction of sp³-hybridized carbons (Fsp3) is 0.316. The van der Waals surface area contributed by atoms with Crippen LogP contribution in [0.15, 0.2) is 42.5 Å². The van der Waals surface area contributed by atoms with Crippen LogP contribution in [0, 0.1) is 0 Å². The molecule has 0 aliphatic carbocycles. The minimum Gasteiger partial charge on any atom is -0.493 e. The first-order valence-electron chi connectivity index (χ1n) is 7.77. The van der Waals surface area contributed by atoms with E-state index >= 15 is 0 Å². The van der Waals surface area contributed by atoms with Crippen molar-refractivity contribution in [3.05, 3.63) is 53.6 Å². The summed E-state index contributed by atoms with van der Waals surface area (Å²) < 4.78 is 10.8. The number of benzene rings is 2. The first kappa shape index (κ1) is 16.9. The molecule has 0 aromatic heterocycles. The highest BCUT2D eigenvalue weighted by Gasteiger charge is 2.12. The van der Waals surface area contributed by atoms with Crippen molar-refractivity contribution >= 4 is 11.6 Å². The number of nitrogens with one attached hydrogen (secondary N) is 1. The molecule has 2 aromatic rings. The van der Waals surface area contributed by atoms with E-state index in [1.807, 2.05) is 25.1 Å². The third kappa shape index (κ3) is 4.25. The Morgan fingerprint density at radius 1 is 1.13 bits per heavy atom. The second-order valence-corrected chi connectivity index (χ2v) is 5.53. The lowest BCUT2D eigenvalue weighted by Crippen LogP contribution is -2.12. The predicted octanol–water partition coefficient (Wildman–Crippen LogP) is 4.47. The van der Waals surface area contributed by atoms with Crippen LogP contribution in [0.5, 0.6) is 11.5 Å². The number of hydrogen-bond donors (Lipinski definition) is 1. The molecule has 0 fully saturated rings. The van der Waals surface area contributed by atoms with Gasteiger partial charge in [-0.2, -0.15) is 0 Å². The van der Waals surface area contributed by atoms with Crippen LogP contribution in [0.25, 0.3) is 0 Å². The number of hydrogen-bond acceptors (Lipinski definition) is 3. The number of carbonyl (C=O) groups is 1. The molecule has 122 valence electrons. The van der Waals surface area contributed by atoms with Crippen molar-refractivity contribution in [3.63, 3.8) is 0 Å². The van der Waals surface area contributed by atoms with Crippen molar-refractivity contribution in [3.8, 4) is 11.5 Å². The molecule has 0 spiro atoms. The third-order valence-electron chi connectivity index (χ3n) is 3.54. The highest BCUT2D eigenvalue weighted by atomic mass is 16.5. The summed E-state index contributed by atoms with van der Waals surface area (Å²) in [4.78, 5) is 12.4. The summed E-state index contributed by atoms with van der Waals surface area (Å²) in [6, 6.07) is 13.1. The Balaban J connectivity index is 2.19. The van der Waals surface area contributed by atoms with Gasteiger partial charge in [0, 0.05) is 11.3 Å². The van der Waals surface area contributed by atoms with Gasteiger partial charge in [0.25, 0.3) is 5.91 Å². The van der Waals surface area contributed by atoms with Crippen LogP contribution in [-0.2, 0) is 0 Å². The van der Waals surface area contributed by atoms with Crippen molar-refractivity contribution in [2.24, 2.45) is 0 Å². The fourth-order valence-corrected chi connectivity index (χ4v) is 2.26. The highest BCUT2D eigenvalue weighted by molar-refractivity contribution is 6.04. The van der Waals surface area contributed by atoms with Crippen LogP contribution in [0.4, 0.5) is 5.69 Å². The summed E-state index contributed by atoms with van der Waals surface area (Å²) in [6.07, 6.45) is 0. The number of amides is 1. The number of rotatable bonds is 6. The zero-order valence-corrected chi connectivity index (χ0v) is 14.1. The molecule has 0 aliphatic rings. The Hall–Kier alpha value is -2.49. The van der Waals surface area contributed by atoms with E-state index in [0.717, 1.165) is 5.69 Å². The molecular weight excluding hydrogens is 290 g/mol. The molecule has 1 N–H and O–H groups in total. The van der Waals surface area contributed by atoms with E-state index in [1.54, 1.807) is 25.3 Å². The molecule has 4 heteroatoms. The lowest BCUT2D eigenvalue weighted by Gasteiger charge is -2.12. The molecule has 0 saturated heterocycles. The van der Waals surface area contributed by atoms with E-state index in [0.29, 0.717) is 29.6 Å².